The first kappa shape index (κ1) is 17.7. The first-order valence-electron chi connectivity index (χ1n) is 8.36. The zero-order chi connectivity index (χ0) is 18.0. The lowest BCUT2D eigenvalue weighted by Crippen LogP contribution is -2.41. The van der Waals surface area contributed by atoms with Crippen molar-refractivity contribution >= 4 is 23.3 Å². The number of hydrogen-bond acceptors (Lipinski definition) is 4. The smallest absolute Gasteiger partial charge is 0.321 e. The number of carbonyl (C=O) groups is 1. The molecule has 1 atom stereocenters. The van der Waals surface area contributed by atoms with Gasteiger partial charge in [0.15, 0.2) is 0 Å². The molecule has 0 radical (unpaired) electrons. The van der Waals surface area contributed by atoms with E-state index in [1.54, 1.807) is 28.8 Å². The lowest BCUT2D eigenvalue weighted by Gasteiger charge is -2.32. The predicted octanol–water partition coefficient (Wildman–Crippen LogP) is 3.16. The van der Waals surface area contributed by atoms with Gasteiger partial charge in [0.05, 0.1) is 29.1 Å². The van der Waals surface area contributed by atoms with E-state index < -0.39 is 6.10 Å². The van der Waals surface area contributed by atoms with E-state index in [2.05, 4.69) is 15.6 Å². The van der Waals surface area contributed by atoms with Gasteiger partial charge < -0.3 is 15.3 Å². The van der Waals surface area contributed by atoms with Gasteiger partial charge >= 0.3 is 6.03 Å². The standard InChI is InChI=1S/C17H22ClN5O2/c1-11-4-3-5-14(18)16(11)19-17(25)22-8-6-13(7-9-22)23-10-15(12(2)24)20-21-23/h3-5,10,12-13,24H,6-9H2,1-2H3,(H,19,25). The second-order valence-corrected chi connectivity index (χ2v) is 6.79. The Morgan fingerprint density at radius 1 is 1.40 bits per heavy atom. The number of aryl methyl sites for hydroxylation is 1. The molecule has 1 unspecified atom stereocenters. The average Bonchev–Trinajstić information content (AvgIpc) is 3.09. The van der Waals surface area contributed by atoms with Gasteiger partial charge in [0.25, 0.3) is 0 Å². The summed E-state index contributed by atoms with van der Waals surface area (Å²) in [5.41, 5.74) is 2.16. The van der Waals surface area contributed by atoms with Gasteiger partial charge in [-0.1, -0.05) is 28.9 Å². The maximum Gasteiger partial charge on any atom is 0.321 e. The van der Waals surface area contributed by atoms with Gasteiger partial charge in [-0.25, -0.2) is 9.48 Å². The summed E-state index contributed by atoms with van der Waals surface area (Å²) in [5.74, 6) is 0. The van der Waals surface area contributed by atoms with E-state index in [0.717, 1.165) is 18.4 Å². The minimum Gasteiger partial charge on any atom is -0.387 e. The highest BCUT2D eigenvalue weighted by Crippen LogP contribution is 2.27. The molecular formula is C17H22ClN5O2. The van der Waals surface area contributed by atoms with Crippen LogP contribution in [0.4, 0.5) is 10.5 Å². The Morgan fingerprint density at radius 2 is 2.12 bits per heavy atom. The van der Waals surface area contributed by atoms with E-state index in [9.17, 15) is 9.90 Å². The van der Waals surface area contributed by atoms with Crippen molar-refractivity contribution in [2.24, 2.45) is 0 Å². The summed E-state index contributed by atoms with van der Waals surface area (Å²) < 4.78 is 1.79. The minimum absolute atomic E-state index is 0.141. The molecule has 7 nitrogen and oxygen atoms in total. The van der Waals surface area contributed by atoms with Crippen LogP contribution in [0.15, 0.2) is 24.4 Å². The van der Waals surface area contributed by atoms with Crippen molar-refractivity contribution in [3.63, 3.8) is 0 Å². The SMILES string of the molecule is Cc1cccc(Cl)c1NC(=O)N1CCC(n2cc(C(C)O)nn2)CC1. The first-order valence-corrected chi connectivity index (χ1v) is 8.74. The summed E-state index contributed by atoms with van der Waals surface area (Å²) in [6, 6.07) is 5.58. The van der Waals surface area contributed by atoms with Crippen LogP contribution in [0.5, 0.6) is 0 Å². The van der Waals surface area contributed by atoms with Gasteiger partial charge in [0.1, 0.15) is 5.69 Å². The number of benzene rings is 1. The molecule has 1 aliphatic heterocycles. The molecule has 1 aliphatic rings. The van der Waals surface area contributed by atoms with Crippen LogP contribution >= 0.6 is 11.6 Å². The van der Waals surface area contributed by atoms with Crippen LogP contribution in [0.2, 0.25) is 5.02 Å². The monoisotopic (exact) mass is 363 g/mol. The van der Waals surface area contributed by atoms with Crippen molar-refractivity contribution in [3.05, 3.63) is 40.7 Å². The number of carbonyl (C=O) groups excluding carboxylic acids is 1. The van der Waals surface area contributed by atoms with Crippen molar-refractivity contribution < 1.29 is 9.90 Å². The number of piperidine rings is 1. The van der Waals surface area contributed by atoms with Crippen LogP contribution in [0.3, 0.4) is 0 Å². The number of rotatable bonds is 3. The Balaban J connectivity index is 1.59. The predicted molar refractivity (Wildman–Crippen MR) is 95.7 cm³/mol. The molecule has 2 amide bonds. The van der Waals surface area contributed by atoms with Gasteiger partial charge in [0, 0.05) is 13.1 Å². The molecule has 1 aromatic heterocycles. The molecule has 134 valence electrons. The zero-order valence-electron chi connectivity index (χ0n) is 14.3. The number of aliphatic hydroxyl groups excluding tert-OH is 1. The molecular weight excluding hydrogens is 342 g/mol. The summed E-state index contributed by atoms with van der Waals surface area (Å²) in [4.78, 5) is 14.3. The molecule has 8 heteroatoms. The van der Waals surface area contributed by atoms with Crippen LogP contribution in [0, 0.1) is 6.92 Å². The lowest BCUT2D eigenvalue weighted by atomic mass is 10.1. The van der Waals surface area contributed by atoms with Crippen LogP contribution in [0.25, 0.3) is 0 Å². The molecule has 0 spiro atoms. The summed E-state index contributed by atoms with van der Waals surface area (Å²) >= 11 is 6.17. The van der Waals surface area contributed by atoms with E-state index in [1.807, 2.05) is 19.1 Å². The molecule has 2 N–H and O–H groups in total. The maximum absolute atomic E-state index is 12.5. The van der Waals surface area contributed by atoms with Crippen LogP contribution in [-0.2, 0) is 0 Å². The fourth-order valence-corrected chi connectivity index (χ4v) is 3.24. The number of para-hydroxylation sites is 1. The third-order valence-electron chi connectivity index (χ3n) is 4.54. The summed E-state index contributed by atoms with van der Waals surface area (Å²) in [7, 11) is 0. The van der Waals surface area contributed by atoms with Gasteiger partial charge in [-0.15, -0.1) is 5.10 Å². The summed E-state index contributed by atoms with van der Waals surface area (Å²) in [5, 5.41) is 21.1. The molecule has 1 fully saturated rings. The lowest BCUT2D eigenvalue weighted by molar-refractivity contribution is 0.179. The Labute approximate surface area is 151 Å². The quantitative estimate of drug-likeness (QED) is 0.877. The Hall–Kier alpha value is -2.12. The van der Waals surface area contributed by atoms with Crippen molar-refractivity contribution in [1.29, 1.82) is 0 Å². The Bertz CT molecular complexity index is 733. The molecule has 0 bridgehead atoms. The van der Waals surface area contributed by atoms with Crippen LogP contribution in [0.1, 0.15) is 43.2 Å². The fourth-order valence-electron chi connectivity index (χ4n) is 2.97. The zero-order valence-corrected chi connectivity index (χ0v) is 15.1. The Kier molecular flexibility index (Phi) is 5.24. The third-order valence-corrected chi connectivity index (χ3v) is 4.85. The highest BCUT2D eigenvalue weighted by Gasteiger charge is 2.25. The number of hydrogen-bond donors (Lipinski definition) is 2. The molecule has 1 aromatic carbocycles. The number of halogens is 1. The second kappa shape index (κ2) is 7.41. The van der Waals surface area contributed by atoms with Gasteiger partial charge in [-0.3, -0.25) is 0 Å². The van der Waals surface area contributed by atoms with Crippen LogP contribution < -0.4 is 5.32 Å². The van der Waals surface area contributed by atoms with Crippen molar-refractivity contribution in [3.8, 4) is 0 Å². The number of nitrogens with one attached hydrogen (secondary N) is 1. The molecule has 1 saturated heterocycles. The van der Waals surface area contributed by atoms with E-state index in [0.29, 0.717) is 29.5 Å². The number of aromatic nitrogens is 3. The minimum atomic E-state index is -0.626. The second-order valence-electron chi connectivity index (χ2n) is 6.38. The number of likely N-dealkylation sites (tertiary alicyclic amines) is 1. The van der Waals surface area contributed by atoms with Crippen molar-refractivity contribution in [2.45, 2.75) is 38.8 Å². The Morgan fingerprint density at radius 3 is 2.72 bits per heavy atom. The fraction of sp³-hybridized carbons (Fsp3) is 0.471. The number of amides is 2. The summed E-state index contributed by atoms with van der Waals surface area (Å²) in [6.45, 7) is 4.84. The van der Waals surface area contributed by atoms with E-state index in [1.165, 1.54) is 0 Å². The maximum atomic E-state index is 12.5. The van der Waals surface area contributed by atoms with Gasteiger partial charge in [-0.2, -0.15) is 0 Å². The van der Waals surface area contributed by atoms with Gasteiger partial charge in [-0.05, 0) is 38.3 Å². The van der Waals surface area contributed by atoms with Gasteiger partial charge in [0.2, 0.25) is 0 Å². The molecule has 3 rings (SSSR count). The number of nitrogens with zero attached hydrogens (tertiary/aromatic N) is 4. The van der Waals surface area contributed by atoms with E-state index >= 15 is 0 Å². The van der Waals surface area contributed by atoms with Crippen molar-refractivity contribution in [1.82, 2.24) is 19.9 Å². The molecule has 25 heavy (non-hydrogen) atoms. The number of aliphatic hydroxyl groups is 1. The van der Waals surface area contributed by atoms with Crippen molar-refractivity contribution in [2.75, 3.05) is 18.4 Å². The van der Waals surface area contributed by atoms with E-state index in [-0.39, 0.29) is 12.1 Å². The number of anilines is 1. The molecule has 2 heterocycles. The van der Waals surface area contributed by atoms with Crippen LogP contribution in [-0.4, -0.2) is 44.1 Å². The third kappa shape index (κ3) is 3.93. The largest absolute Gasteiger partial charge is 0.387 e. The highest BCUT2D eigenvalue weighted by atomic mass is 35.5. The normalized spacial score (nSPS) is 16.7. The summed E-state index contributed by atoms with van der Waals surface area (Å²) in [6.07, 6.45) is 2.73. The number of urea groups is 1. The first-order chi connectivity index (χ1) is 12.0. The topological polar surface area (TPSA) is 83.3 Å². The molecule has 2 aromatic rings. The highest BCUT2D eigenvalue weighted by molar-refractivity contribution is 6.33. The molecule has 0 saturated carbocycles. The average molecular weight is 364 g/mol. The molecule has 0 aliphatic carbocycles. The van der Waals surface area contributed by atoms with E-state index in [4.69, 9.17) is 11.6 Å².